The Balaban J connectivity index is 0.000000131. The number of nitrogens with two attached hydrogens (primary N) is 3. The minimum Gasteiger partial charge on any atom is -0.457 e. The summed E-state index contributed by atoms with van der Waals surface area (Å²) < 4.78 is 33.3. The van der Waals surface area contributed by atoms with E-state index in [-0.39, 0.29) is 6.92 Å². The Morgan fingerprint density at radius 3 is 1.70 bits per heavy atom. The van der Waals surface area contributed by atoms with Crippen molar-refractivity contribution >= 4 is 37.5 Å². The molecule has 0 saturated heterocycles. The zero-order valence-electron chi connectivity index (χ0n) is 31.7. The monoisotopic (exact) mass is 763 g/mol. The van der Waals surface area contributed by atoms with Crippen molar-refractivity contribution in [1.29, 1.82) is 0 Å². The van der Waals surface area contributed by atoms with E-state index in [4.69, 9.17) is 45.4 Å². The normalized spacial score (nSPS) is 13.5. The molecule has 0 saturated carbocycles. The average Bonchev–Trinajstić information content (AvgIpc) is 3.94. The van der Waals surface area contributed by atoms with E-state index < -0.39 is 14.2 Å². The zero-order valence-corrected chi connectivity index (χ0v) is 31.7. The number of ether oxygens (including phenoxy) is 3. The molecule has 3 heterocycles. The standard InChI is InChI=1S/C15H16BNO2.2C14H14BNO3/c1-16-14-7-6-13(8-12(14)10-18-16)19-15-5-3-2-4-11(15)9-17;16-8-10-1-4-12(5-2-10)19-13-6-3-11-9-18-15(17)14(11)7-13;16-8-10-2-1-3-12(6-10)19-13-5-4-11-9-18-15(17)14(11)7-13/h2-8H,9-10,17H2,1H3;2*1-7,17H,8-9,16H2. The van der Waals surface area contributed by atoms with Crippen LogP contribution in [0.1, 0.15) is 33.4 Å². The van der Waals surface area contributed by atoms with Crippen molar-refractivity contribution in [2.45, 2.75) is 46.3 Å². The van der Waals surface area contributed by atoms with Crippen molar-refractivity contribution in [2.24, 2.45) is 17.2 Å². The van der Waals surface area contributed by atoms with Gasteiger partial charge in [-0.3, -0.25) is 0 Å². The summed E-state index contributed by atoms with van der Waals surface area (Å²) in [6.07, 6.45) is 0. The molecule has 3 aliphatic heterocycles. The second kappa shape index (κ2) is 18.7. The maximum atomic E-state index is 9.66. The van der Waals surface area contributed by atoms with E-state index in [0.717, 1.165) is 61.7 Å². The topological polar surface area (TPSA) is 174 Å². The Morgan fingerprint density at radius 1 is 0.491 bits per heavy atom. The van der Waals surface area contributed by atoms with E-state index >= 15 is 0 Å². The maximum absolute atomic E-state index is 9.66. The van der Waals surface area contributed by atoms with E-state index in [1.54, 1.807) is 0 Å². The largest absolute Gasteiger partial charge is 0.491 e. The van der Waals surface area contributed by atoms with Crippen molar-refractivity contribution in [1.82, 2.24) is 0 Å². The molecule has 6 aromatic carbocycles. The van der Waals surface area contributed by atoms with E-state index in [9.17, 15) is 10.0 Å². The van der Waals surface area contributed by atoms with Crippen LogP contribution in [0.4, 0.5) is 0 Å². The molecule has 57 heavy (non-hydrogen) atoms. The number of benzene rings is 6. The molecule has 8 N–H and O–H groups in total. The van der Waals surface area contributed by atoms with Gasteiger partial charge in [-0.1, -0.05) is 67.5 Å². The molecule has 0 radical (unpaired) electrons. The van der Waals surface area contributed by atoms with Gasteiger partial charge in [0, 0.05) is 25.2 Å². The lowest BCUT2D eigenvalue weighted by atomic mass is 9.64. The summed E-state index contributed by atoms with van der Waals surface area (Å²) in [7, 11) is -1.70. The van der Waals surface area contributed by atoms with Crippen molar-refractivity contribution < 1.29 is 38.2 Å². The van der Waals surface area contributed by atoms with Crippen LogP contribution in [0.3, 0.4) is 0 Å². The van der Waals surface area contributed by atoms with Gasteiger partial charge in [-0.25, -0.2) is 0 Å². The third kappa shape index (κ3) is 9.95. The summed E-state index contributed by atoms with van der Waals surface area (Å²) in [5.74, 6) is 4.48. The van der Waals surface area contributed by atoms with Crippen LogP contribution in [0.2, 0.25) is 6.82 Å². The number of hydrogen-bond donors (Lipinski definition) is 5. The van der Waals surface area contributed by atoms with Gasteiger partial charge < -0.3 is 55.4 Å². The molecule has 0 amide bonds. The van der Waals surface area contributed by atoms with Crippen molar-refractivity contribution in [3.63, 3.8) is 0 Å². The van der Waals surface area contributed by atoms with Crippen LogP contribution in [0.25, 0.3) is 0 Å². The molecular formula is C43H44B3N3O8. The molecule has 0 bridgehead atoms. The quantitative estimate of drug-likeness (QED) is 0.130. The molecular weight excluding hydrogens is 719 g/mol. The van der Waals surface area contributed by atoms with Gasteiger partial charge in [-0.05, 0) is 111 Å². The summed E-state index contributed by atoms with van der Waals surface area (Å²) in [6.45, 7) is 5.27. The Morgan fingerprint density at radius 2 is 1.05 bits per heavy atom. The molecule has 3 aliphatic rings. The highest BCUT2D eigenvalue weighted by molar-refractivity contribution is 6.67. The molecule has 0 unspecified atom stereocenters. The van der Waals surface area contributed by atoms with Gasteiger partial charge in [0.15, 0.2) is 0 Å². The summed E-state index contributed by atoms with van der Waals surface area (Å²) in [4.78, 5) is 0. The Labute approximate surface area is 333 Å². The highest BCUT2D eigenvalue weighted by Crippen LogP contribution is 2.28. The minimum absolute atomic E-state index is 0.181. The van der Waals surface area contributed by atoms with E-state index in [1.807, 2.05) is 121 Å². The fourth-order valence-electron chi connectivity index (χ4n) is 6.59. The van der Waals surface area contributed by atoms with Crippen molar-refractivity contribution in [3.05, 3.63) is 161 Å². The fourth-order valence-corrected chi connectivity index (χ4v) is 6.59. The number of rotatable bonds is 9. The number of fused-ring (bicyclic) bond motifs is 3. The predicted molar refractivity (Wildman–Crippen MR) is 223 cm³/mol. The highest BCUT2D eigenvalue weighted by atomic mass is 16.5. The Bertz CT molecular complexity index is 2300. The second-order valence-electron chi connectivity index (χ2n) is 13.7. The third-order valence-corrected chi connectivity index (χ3v) is 9.79. The molecule has 0 aromatic heterocycles. The lowest BCUT2D eigenvalue weighted by molar-refractivity contribution is 0.275. The predicted octanol–water partition coefficient (Wildman–Crippen LogP) is 4.61. The van der Waals surface area contributed by atoms with Gasteiger partial charge in [0.1, 0.15) is 34.5 Å². The highest BCUT2D eigenvalue weighted by Gasteiger charge is 2.28. The van der Waals surface area contributed by atoms with Crippen LogP contribution < -0.4 is 47.8 Å². The first-order valence-corrected chi connectivity index (χ1v) is 18.8. The fraction of sp³-hybridized carbons (Fsp3) is 0.163. The first-order valence-electron chi connectivity index (χ1n) is 18.8. The van der Waals surface area contributed by atoms with E-state index in [0.29, 0.717) is 51.0 Å². The van der Waals surface area contributed by atoms with Crippen LogP contribution >= 0.6 is 0 Å². The molecule has 0 spiro atoms. The number of para-hydroxylation sites is 1. The summed E-state index contributed by atoms with van der Waals surface area (Å²) in [5, 5.41) is 19.3. The molecule has 14 heteroatoms. The molecule has 0 fully saturated rings. The average molecular weight is 763 g/mol. The van der Waals surface area contributed by atoms with Gasteiger partial charge in [-0.15, -0.1) is 0 Å². The smallest absolute Gasteiger partial charge is 0.457 e. The second-order valence-corrected chi connectivity index (χ2v) is 13.7. The zero-order chi connectivity index (χ0) is 39.7. The number of hydrogen-bond acceptors (Lipinski definition) is 11. The van der Waals surface area contributed by atoms with Gasteiger partial charge >= 0.3 is 21.2 Å². The van der Waals surface area contributed by atoms with Gasteiger partial charge in [0.25, 0.3) is 0 Å². The van der Waals surface area contributed by atoms with Crippen molar-refractivity contribution in [2.75, 3.05) is 0 Å². The maximum Gasteiger partial charge on any atom is 0.491 e. The first-order chi connectivity index (χ1) is 27.8. The molecule has 0 aliphatic carbocycles. The van der Waals surface area contributed by atoms with Crippen LogP contribution in [0, 0.1) is 0 Å². The van der Waals surface area contributed by atoms with Gasteiger partial charge in [-0.2, -0.15) is 0 Å². The molecule has 6 aromatic rings. The molecule has 11 nitrogen and oxygen atoms in total. The minimum atomic E-state index is -0.853. The lowest BCUT2D eigenvalue weighted by Crippen LogP contribution is -2.27. The summed E-state index contributed by atoms with van der Waals surface area (Å²) in [6, 6.07) is 40.4. The van der Waals surface area contributed by atoms with Gasteiger partial charge in [0.05, 0.1) is 19.8 Å². The van der Waals surface area contributed by atoms with E-state index in [2.05, 4.69) is 12.9 Å². The molecule has 0 atom stereocenters. The van der Waals surface area contributed by atoms with Crippen molar-refractivity contribution in [3.8, 4) is 34.5 Å². The van der Waals surface area contributed by atoms with Crippen LogP contribution in [0.15, 0.2) is 127 Å². The molecule has 288 valence electrons. The van der Waals surface area contributed by atoms with Crippen LogP contribution in [-0.4, -0.2) is 31.2 Å². The first kappa shape index (κ1) is 39.8. The summed E-state index contributed by atoms with van der Waals surface area (Å²) >= 11 is 0. The van der Waals surface area contributed by atoms with E-state index in [1.165, 1.54) is 11.0 Å². The SMILES string of the molecule is CB1OCc2cc(Oc3ccccc3CN)ccc21.NCc1ccc(Oc2ccc3c(c2)B(O)OC3)cc1.NCc1cccc(Oc2ccc3c(c2)B(O)OC3)c1. The van der Waals surface area contributed by atoms with Crippen LogP contribution in [0.5, 0.6) is 34.5 Å². The summed E-state index contributed by atoms with van der Waals surface area (Å²) in [5.41, 5.74) is 25.9. The Hall–Kier alpha value is -5.41. The van der Waals surface area contributed by atoms with Crippen LogP contribution in [-0.2, 0) is 53.4 Å². The Kier molecular flexibility index (Phi) is 13.1. The third-order valence-electron chi connectivity index (χ3n) is 9.79. The lowest BCUT2D eigenvalue weighted by Gasteiger charge is -2.10. The molecule has 9 rings (SSSR count). The van der Waals surface area contributed by atoms with Gasteiger partial charge in [0.2, 0.25) is 0 Å².